The summed E-state index contributed by atoms with van der Waals surface area (Å²) in [6, 6.07) is 7.78. The van der Waals surface area contributed by atoms with E-state index in [2.05, 4.69) is 4.98 Å². The van der Waals surface area contributed by atoms with Crippen molar-refractivity contribution in [3.05, 3.63) is 41.2 Å². The van der Waals surface area contributed by atoms with Crippen molar-refractivity contribution in [2.45, 2.75) is 33.1 Å². The first-order valence-electron chi connectivity index (χ1n) is 6.43. The van der Waals surface area contributed by atoms with Crippen molar-refractivity contribution in [1.29, 1.82) is 0 Å². The summed E-state index contributed by atoms with van der Waals surface area (Å²) in [7, 11) is 0. The number of nitrogens with zero attached hydrogens (tertiary/aromatic N) is 2. The normalized spacial score (nSPS) is 17.8. The number of carbonyl (C=O) groups excluding carboxylic acids is 1. The van der Waals surface area contributed by atoms with Crippen molar-refractivity contribution >= 4 is 22.4 Å². The van der Waals surface area contributed by atoms with E-state index in [1.807, 2.05) is 52.0 Å². The summed E-state index contributed by atoms with van der Waals surface area (Å²) in [4.78, 5) is 21.8. The van der Waals surface area contributed by atoms with Crippen LogP contribution in [0.4, 0.5) is 0 Å². The van der Waals surface area contributed by atoms with Gasteiger partial charge in [0.2, 0.25) is 0 Å². The number of fused-ring (bicyclic) bond motifs is 2. The summed E-state index contributed by atoms with van der Waals surface area (Å²) < 4.78 is 0. The van der Waals surface area contributed by atoms with Crippen LogP contribution in [0.3, 0.4) is 0 Å². The van der Waals surface area contributed by atoms with Gasteiger partial charge >= 0.3 is 0 Å². The van der Waals surface area contributed by atoms with Crippen LogP contribution in [0.5, 0.6) is 0 Å². The van der Waals surface area contributed by atoms with Gasteiger partial charge in [-0.1, -0.05) is 12.1 Å². The molecule has 0 aliphatic heterocycles. The van der Waals surface area contributed by atoms with Gasteiger partial charge < -0.3 is 0 Å². The van der Waals surface area contributed by atoms with E-state index in [1.54, 1.807) is 0 Å². The molecule has 0 unspecified atom stereocenters. The van der Waals surface area contributed by atoms with Crippen molar-refractivity contribution in [3.63, 3.8) is 0 Å². The molecular formula is C16H16N2O. The lowest BCUT2D eigenvalue weighted by Crippen LogP contribution is -2.35. The molecule has 1 aliphatic carbocycles. The minimum atomic E-state index is -0.601. The van der Waals surface area contributed by atoms with Crippen LogP contribution in [0.1, 0.15) is 39.1 Å². The molecular weight excluding hydrogens is 236 g/mol. The van der Waals surface area contributed by atoms with E-state index < -0.39 is 5.41 Å². The number of allylic oxidation sites excluding steroid dienone is 2. The van der Waals surface area contributed by atoms with E-state index in [1.165, 1.54) is 0 Å². The zero-order valence-corrected chi connectivity index (χ0v) is 11.6. The summed E-state index contributed by atoms with van der Waals surface area (Å²) in [6.07, 6.45) is 0. The largest absolute Gasteiger partial charge is 0.293 e. The monoisotopic (exact) mass is 252 g/mol. The van der Waals surface area contributed by atoms with Crippen LogP contribution in [-0.4, -0.2) is 15.8 Å². The van der Waals surface area contributed by atoms with Crippen LogP contribution in [0.25, 0.3) is 16.6 Å². The molecule has 0 fully saturated rings. The minimum absolute atomic E-state index is 0.141. The standard InChI is InChI=1S/C16H16N2O/c1-9-10(2)15(19)16(3,4)14-13(9)17-11-7-5-6-8-12(11)18-14/h5-8H,1-4H3. The summed E-state index contributed by atoms with van der Waals surface area (Å²) in [5.74, 6) is 0.141. The second-order valence-corrected chi connectivity index (χ2v) is 5.61. The van der Waals surface area contributed by atoms with Crippen LogP contribution in [0.15, 0.2) is 29.8 Å². The first kappa shape index (κ1) is 12.0. The molecule has 3 nitrogen and oxygen atoms in total. The molecule has 0 saturated heterocycles. The van der Waals surface area contributed by atoms with Gasteiger partial charge in [-0.25, -0.2) is 9.97 Å². The molecule has 96 valence electrons. The second kappa shape index (κ2) is 3.73. The van der Waals surface area contributed by atoms with Crippen LogP contribution >= 0.6 is 0 Å². The molecule has 1 aromatic heterocycles. The highest BCUT2D eigenvalue weighted by Crippen LogP contribution is 2.38. The fourth-order valence-electron chi connectivity index (χ4n) is 2.62. The van der Waals surface area contributed by atoms with Crippen molar-refractivity contribution in [2.75, 3.05) is 0 Å². The minimum Gasteiger partial charge on any atom is -0.293 e. The fourth-order valence-corrected chi connectivity index (χ4v) is 2.62. The average Bonchev–Trinajstić information content (AvgIpc) is 2.42. The highest BCUT2D eigenvalue weighted by molar-refractivity contribution is 6.10. The fraction of sp³-hybridized carbons (Fsp3) is 0.312. The molecule has 1 heterocycles. The smallest absolute Gasteiger partial charge is 0.170 e. The third-order valence-corrected chi connectivity index (χ3v) is 3.99. The number of carbonyl (C=O) groups is 1. The number of hydrogen-bond donors (Lipinski definition) is 0. The molecule has 0 atom stereocenters. The summed E-state index contributed by atoms with van der Waals surface area (Å²) >= 11 is 0. The predicted molar refractivity (Wildman–Crippen MR) is 75.8 cm³/mol. The SMILES string of the molecule is CC1=C(C)c2nc3ccccc3nc2C(C)(C)C1=O. The molecule has 0 N–H and O–H groups in total. The maximum atomic E-state index is 12.4. The molecule has 1 aromatic carbocycles. The first-order valence-corrected chi connectivity index (χ1v) is 6.43. The highest BCUT2D eigenvalue weighted by Gasteiger charge is 2.39. The second-order valence-electron chi connectivity index (χ2n) is 5.61. The predicted octanol–water partition coefficient (Wildman–Crippen LogP) is 3.28. The van der Waals surface area contributed by atoms with E-state index in [0.717, 1.165) is 33.6 Å². The first-order chi connectivity index (χ1) is 8.93. The number of para-hydroxylation sites is 2. The Morgan fingerprint density at radius 1 is 0.947 bits per heavy atom. The molecule has 1 aliphatic rings. The molecule has 3 heteroatoms. The number of hydrogen-bond acceptors (Lipinski definition) is 3. The van der Waals surface area contributed by atoms with E-state index in [4.69, 9.17) is 4.98 Å². The van der Waals surface area contributed by atoms with Gasteiger partial charge in [0.15, 0.2) is 5.78 Å². The number of Topliss-reactive ketones (excluding diaryl/α,β-unsaturated/α-hetero) is 1. The lowest BCUT2D eigenvalue weighted by molar-refractivity contribution is -0.120. The average molecular weight is 252 g/mol. The van der Waals surface area contributed by atoms with Crippen molar-refractivity contribution in [3.8, 4) is 0 Å². The van der Waals surface area contributed by atoms with Crippen molar-refractivity contribution in [2.24, 2.45) is 0 Å². The lowest BCUT2D eigenvalue weighted by Gasteiger charge is -2.30. The highest BCUT2D eigenvalue weighted by atomic mass is 16.1. The van der Waals surface area contributed by atoms with Crippen LogP contribution in [0.2, 0.25) is 0 Å². The number of aromatic nitrogens is 2. The molecule has 0 bridgehead atoms. The third-order valence-electron chi connectivity index (χ3n) is 3.99. The van der Waals surface area contributed by atoms with Crippen molar-refractivity contribution in [1.82, 2.24) is 9.97 Å². The number of rotatable bonds is 0. The van der Waals surface area contributed by atoms with Crippen LogP contribution in [-0.2, 0) is 10.2 Å². The van der Waals surface area contributed by atoms with E-state index >= 15 is 0 Å². The Kier molecular flexibility index (Phi) is 2.36. The van der Waals surface area contributed by atoms with Gasteiger partial charge in [-0.15, -0.1) is 0 Å². The number of benzene rings is 1. The molecule has 0 spiro atoms. The Hall–Kier alpha value is -2.03. The van der Waals surface area contributed by atoms with E-state index in [9.17, 15) is 4.79 Å². The zero-order chi connectivity index (χ0) is 13.8. The third kappa shape index (κ3) is 1.54. The Balaban J connectivity index is 2.44. The Morgan fingerprint density at radius 3 is 2.16 bits per heavy atom. The maximum Gasteiger partial charge on any atom is 0.170 e. The molecule has 19 heavy (non-hydrogen) atoms. The van der Waals surface area contributed by atoms with Gasteiger partial charge in [0.25, 0.3) is 0 Å². The molecule has 2 aromatic rings. The number of ketones is 1. The van der Waals surface area contributed by atoms with Gasteiger partial charge in [-0.3, -0.25) is 4.79 Å². The van der Waals surface area contributed by atoms with Gasteiger partial charge in [0, 0.05) is 0 Å². The Labute approximate surface area is 112 Å². The molecule has 0 amide bonds. The van der Waals surface area contributed by atoms with Gasteiger partial charge in [-0.05, 0) is 51.0 Å². The Morgan fingerprint density at radius 2 is 1.53 bits per heavy atom. The summed E-state index contributed by atoms with van der Waals surface area (Å²) in [5.41, 5.74) is 4.50. The van der Waals surface area contributed by atoms with Crippen LogP contribution in [0, 0.1) is 0 Å². The van der Waals surface area contributed by atoms with Gasteiger partial charge in [0.1, 0.15) is 0 Å². The van der Waals surface area contributed by atoms with Gasteiger partial charge in [0.05, 0.1) is 27.8 Å². The Bertz CT molecular complexity index is 741. The van der Waals surface area contributed by atoms with E-state index in [0.29, 0.717) is 0 Å². The molecule has 3 rings (SSSR count). The van der Waals surface area contributed by atoms with Crippen molar-refractivity contribution < 1.29 is 4.79 Å². The van der Waals surface area contributed by atoms with E-state index in [-0.39, 0.29) is 5.78 Å². The topological polar surface area (TPSA) is 42.9 Å². The quantitative estimate of drug-likeness (QED) is 0.722. The lowest BCUT2D eigenvalue weighted by atomic mass is 9.74. The molecule has 0 saturated carbocycles. The zero-order valence-electron chi connectivity index (χ0n) is 11.6. The molecule has 0 radical (unpaired) electrons. The maximum absolute atomic E-state index is 12.4. The van der Waals surface area contributed by atoms with Crippen LogP contribution < -0.4 is 0 Å². The summed E-state index contributed by atoms with van der Waals surface area (Å²) in [5, 5.41) is 0. The summed E-state index contributed by atoms with van der Waals surface area (Å²) in [6.45, 7) is 7.67. The van der Waals surface area contributed by atoms with Gasteiger partial charge in [-0.2, -0.15) is 0 Å².